The molecule has 0 fully saturated rings. The summed E-state index contributed by atoms with van der Waals surface area (Å²) in [5.41, 5.74) is 2.04. The number of urea groups is 1. The fraction of sp³-hybridized carbons (Fsp3) is 0.154. The molecule has 0 aliphatic carbocycles. The molecule has 2 rings (SSSR count). The van der Waals surface area contributed by atoms with E-state index in [1.54, 1.807) is 11.4 Å². The molecule has 1 aromatic carbocycles. The molecule has 0 saturated heterocycles. The molecular formula is C13H14N4O2S. The quantitative estimate of drug-likeness (QED) is 0.812. The van der Waals surface area contributed by atoms with Crippen molar-refractivity contribution in [1.29, 1.82) is 0 Å². The lowest BCUT2D eigenvalue weighted by molar-refractivity contribution is 0.0959. The first-order valence-corrected chi connectivity index (χ1v) is 6.78. The van der Waals surface area contributed by atoms with Crippen LogP contribution >= 0.6 is 11.3 Å². The lowest BCUT2D eigenvalue weighted by Gasteiger charge is -2.05. The fourth-order valence-corrected chi connectivity index (χ4v) is 2.23. The van der Waals surface area contributed by atoms with Gasteiger partial charge in [0.25, 0.3) is 5.91 Å². The first kappa shape index (κ1) is 14.0. The second-order valence-electron chi connectivity index (χ2n) is 4.07. The van der Waals surface area contributed by atoms with Gasteiger partial charge in [-0.25, -0.2) is 9.78 Å². The number of aromatic nitrogens is 1. The molecule has 6 nitrogen and oxygen atoms in total. The lowest BCUT2D eigenvalue weighted by atomic mass is 10.2. The molecule has 0 saturated carbocycles. The van der Waals surface area contributed by atoms with Crippen LogP contribution in [-0.4, -0.2) is 24.0 Å². The van der Waals surface area contributed by atoms with E-state index in [0.29, 0.717) is 10.8 Å². The third-order valence-electron chi connectivity index (χ3n) is 2.46. The van der Waals surface area contributed by atoms with Crippen LogP contribution in [0.4, 0.5) is 15.6 Å². The number of nitrogens with one attached hydrogen (secondary N) is 3. The van der Waals surface area contributed by atoms with Gasteiger partial charge < -0.3 is 10.6 Å². The van der Waals surface area contributed by atoms with Gasteiger partial charge in [-0.2, -0.15) is 0 Å². The van der Waals surface area contributed by atoms with Gasteiger partial charge in [0.2, 0.25) is 0 Å². The monoisotopic (exact) mass is 290 g/mol. The van der Waals surface area contributed by atoms with Crippen molar-refractivity contribution in [2.75, 3.05) is 17.7 Å². The molecule has 1 heterocycles. The van der Waals surface area contributed by atoms with E-state index in [2.05, 4.69) is 20.9 Å². The van der Waals surface area contributed by atoms with Gasteiger partial charge in [-0.3, -0.25) is 10.1 Å². The maximum Gasteiger partial charge on any atom is 0.325 e. The average Bonchev–Trinajstić information content (AvgIpc) is 2.86. The summed E-state index contributed by atoms with van der Waals surface area (Å²) < 4.78 is 0. The van der Waals surface area contributed by atoms with Crippen molar-refractivity contribution in [2.24, 2.45) is 0 Å². The van der Waals surface area contributed by atoms with E-state index in [1.807, 2.05) is 25.1 Å². The van der Waals surface area contributed by atoms with Crippen molar-refractivity contribution in [3.8, 4) is 0 Å². The second kappa shape index (κ2) is 6.16. The molecule has 7 heteroatoms. The Kier molecular flexibility index (Phi) is 4.31. The first-order chi connectivity index (χ1) is 9.58. The van der Waals surface area contributed by atoms with Gasteiger partial charge in [0.05, 0.1) is 0 Å². The summed E-state index contributed by atoms with van der Waals surface area (Å²) in [5, 5.41) is 9.71. The van der Waals surface area contributed by atoms with Crippen LogP contribution in [0.25, 0.3) is 0 Å². The molecule has 3 N–H and O–H groups in total. The van der Waals surface area contributed by atoms with Crippen LogP contribution in [0.5, 0.6) is 0 Å². The third-order valence-corrected chi connectivity index (χ3v) is 3.22. The van der Waals surface area contributed by atoms with Crippen LogP contribution in [0, 0.1) is 6.92 Å². The van der Waals surface area contributed by atoms with Crippen LogP contribution < -0.4 is 16.0 Å². The number of thiazole rings is 1. The smallest absolute Gasteiger partial charge is 0.325 e. The van der Waals surface area contributed by atoms with Crippen LogP contribution in [0.3, 0.4) is 0 Å². The molecule has 0 atom stereocenters. The Balaban J connectivity index is 1.98. The number of benzene rings is 1. The molecule has 3 amide bonds. The van der Waals surface area contributed by atoms with Gasteiger partial charge in [0.15, 0.2) is 5.13 Å². The zero-order valence-corrected chi connectivity index (χ0v) is 11.9. The van der Waals surface area contributed by atoms with Crippen LogP contribution in [-0.2, 0) is 0 Å². The SMILES string of the molecule is CNC(=O)c1csc(NC(=O)Nc2cccc(C)c2)n1. The predicted molar refractivity (Wildman–Crippen MR) is 79.3 cm³/mol. The predicted octanol–water partition coefficient (Wildman–Crippen LogP) is 2.46. The number of hydrogen-bond donors (Lipinski definition) is 3. The molecule has 0 bridgehead atoms. The van der Waals surface area contributed by atoms with E-state index < -0.39 is 6.03 Å². The van der Waals surface area contributed by atoms with E-state index in [9.17, 15) is 9.59 Å². The summed E-state index contributed by atoms with van der Waals surface area (Å²) in [7, 11) is 1.53. The van der Waals surface area contributed by atoms with Crippen LogP contribution in [0.2, 0.25) is 0 Å². The molecule has 104 valence electrons. The van der Waals surface area contributed by atoms with E-state index in [1.165, 1.54) is 18.4 Å². The van der Waals surface area contributed by atoms with Gasteiger partial charge in [-0.15, -0.1) is 11.3 Å². The van der Waals surface area contributed by atoms with Gasteiger partial charge in [0, 0.05) is 18.1 Å². The molecule has 2 aromatic rings. The third kappa shape index (κ3) is 3.55. The van der Waals surface area contributed by atoms with Crippen LogP contribution in [0.1, 0.15) is 16.1 Å². The normalized spacial score (nSPS) is 9.90. The zero-order chi connectivity index (χ0) is 14.5. The Bertz CT molecular complexity index is 639. The van der Waals surface area contributed by atoms with Gasteiger partial charge in [0.1, 0.15) is 5.69 Å². The molecule has 0 spiro atoms. The van der Waals surface area contributed by atoms with E-state index in [4.69, 9.17) is 0 Å². The van der Waals surface area contributed by atoms with Crippen molar-refractivity contribution in [3.63, 3.8) is 0 Å². The Morgan fingerprint density at radius 3 is 2.75 bits per heavy atom. The molecule has 0 unspecified atom stereocenters. The fourth-order valence-electron chi connectivity index (χ4n) is 1.55. The number of amides is 3. The molecular weight excluding hydrogens is 276 g/mol. The van der Waals surface area contributed by atoms with Gasteiger partial charge in [-0.05, 0) is 24.6 Å². The Hall–Kier alpha value is -2.41. The average molecular weight is 290 g/mol. The molecule has 0 aliphatic rings. The highest BCUT2D eigenvalue weighted by atomic mass is 32.1. The maximum atomic E-state index is 11.8. The van der Waals surface area contributed by atoms with Gasteiger partial charge in [-0.1, -0.05) is 12.1 Å². The van der Waals surface area contributed by atoms with Crippen molar-refractivity contribution >= 4 is 34.1 Å². The molecule has 20 heavy (non-hydrogen) atoms. The largest absolute Gasteiger partial charge is 0.354 e. The number of rotatable bonds is 3. The number of carbonyl (C=O) groups excluding carboxylic acids is 2. The van der Waals surface area contributed by atoms with Crippen molar-refractivity contribution in [3.05, 3.63) is 40.9 Å². The maximum absolute atomic E-state index is 11.8. The van der Waals surface area contributed by atoms with E-state index in [0.717, 1.165) is 5.56 Å². The Labute approximate surface area is 120 Å². The topological polar surface area (TPSA) is 83.1 Å². The van der Waals surface area contributed by atoms with Crippen molar-refractivity contribution < 1.29 is 9.59 Å². The number of carbonyl (C=O) groups is 2. The lowest BCUT2D eigenvalue weighted by Crippen LogP contribution is -2.20. The second-order valence-corrected chi connectivity index (χ2v) is 4.92. The Morgan fingerprint density at radius 1 is 1.25 bits per heavy atom. The Morgan fingerprint density at radius 2 is 2.05 bits per heavy atom. The summed E-state index contributed by atoms with van der Waals surface area (Å²) in [4.78, 5) is 27.1. The standard InChI is InChI=1S/C13H14N4O2S/c1-8-4-3-5-9(6-8)15-12(19)17-13-16-10(7-20-13)11(18)14-2/h3-7H,1-2H3,(H,14,18)(H2,15,16,17,19). The van der Waals surface area contributed by atoms with Crippen LogP contribution in [0.15, 0.2) is 29.6 Å². The molecule has 1 aromatic heterocycles. The number of anilines is 2. The summed E-state index contributed by atoms with van der Waals surface area (Å²) in [6.45, 7) is 1.94. The van der Waals surface area contributed by atoms with Gasteiger partial charge >= 0.3 is 6.03 Å². The van der Waals surface area contributed by atoms with Crippen molar-refractivity contribution in [1.82, 2.24) is 10.3 Å². The molecule has 0 aliphatic heterocycles. The van der Waals surface area contributed by atoms with E-state index in [-0.39, 0.29) is 11.6 Å². The highest BCUT2D eigenvalue weighted by molar-refractivity contribution is 7.14. The summed E-state index contributed by atoms with van der Waals surface area (Å²) >= 11 is 1.19. The minimum absolute atomic E-state index is 0.281. The zero-order valence-electron chi connectivity index (χ0n) is 11.1. The minimum atomic E-state index is -0.395. The first-order valence-electron chi connectivity index (χ1n) is 5.91. The summed E-state index contributed by atoms with van der Waals surface area (Å²) in [5.74, 6) is -0.284. The van der Waals surface area contributed by atoms with E-state index >= 15 is 0 Å². The number of aryl methyl sites for hydroxylation is 1. The highest BCUT2D eigenvalue weighted by Gasteiger charge is 2.10. The number of nitrogens with zero attached hydrogens (tertiary/aromatic N) is 1. The van der Waals surface area contributed by atoms with Crippen molar-refractivity contribution in [2.45, 2.75) is 6.92 Å². The number of hydrogen-bond acceptors (Lipinski definition) is 4. The summed E-state index contributed by atoms with van der Waals surface area (Å²) in [6.07, 6.45) is 0. The highest BCUT2D eigenvalue weighted by Crippen LogP contribution is 2.16. The minimum Gasteiger partial charge on any atom is -0.354 e. The molecule has 0 radical (unpaired) electrons. The summed E-state index contributed by atoms with van der Waals surface area (Å²) in [6, 6.07) is 7.06.